The SMILES string of the molecule is CC(=O)N1N=C(c2ccccc2Cl)C[C@@H]1c1ccccc1. The van der Waals surface area contributed by atoms with Gasteiger partial charge in [-0.25, -0.2) is 5.01 Å². The van der Waals surface area contributed by atoms with E-state index < -0.39 is 0 Å². The van der Waals surface area contributed by atoms with Crippen molar-refractivity contribution in [3.05, 3.63) is 70.7 Å². The molecule has 0 saturated heterocycles. The van der Waals surface area contributed by atoms with E-state index in [2.05, 4.69) is 5.10 Å². The molecule has 3 nitrogen and oxygen atoms in total. The van der Waals surface area contributed by atoms with Gasteiger partial charge in [-0.05, 0) is 11.6 Å². The summed E-state index contributed by atoms with van der Waals surface area (Å²) >= 11 is 6.24. The summed E-state index contributed by atoms with van der Waals surface area (Å²) in [6, 6.07) is 17.5. The molecule has 106 valence electrons. The standard InChI is InChI=1S/C17H15ClN2O/c1-12(21)20-17(13-7-3-2-4-8-13)11-16(19-20)14-9-5-6-10-15(14)18/h2-10,17H,11H2,1H3/t17-/m1/s1. The fraction of sp³-hybridized carbons (Fsp3) is 0.176. The van der Waals surface area contributed by atoms with Gasteiger partial charge < -0.3 is 0 Å². The first-order valence-corrected chi connectivity index (χ1v) is 7.21. The van der Waals surface area contributed by atoms with Gasteiger partial charge in [-0.2, -0.15) is 5.10 Å². The minimum Gasteiger partial charge on any atom is -0.273 e. The third-order valence-corrected chi connectivity index (χ3v) is 3.93. The van der Waals surface area contributed by atoms with E-state index in [0.717, 1.165) is 16.8 Å². The van der Waals surface area contributed by atoms with Crippen LogP contribution in [0, 0.1) is 0 Å². The van der Waals surface area contributed by atoms with Crippen LogP contribution in [0.4, 0.5) is 0 Å². The summed E-state index contributed by atoms with van der Waals surface area (Å²) < 4.78 is 0. The van der Waals surface area contributed by atoms with Crippen molar-refractivity contribution >= 4 is 23.2 Å². The number of amides is 1. The topological polar surface area (TPSA) is 32.7 Å². The van der Waals surface area contributed by atoms with Crippen LogP contribution in [0.25, 0.3) is 0 Å². The molecule has 4 heteroatoms. The normalized spacial score (nSPS) is 17.7. The third kappa shape index (κ3) is 2.69. The van der Waals surface area contributed by atoms with E-state index in [1.54, 1.807) is 5.01 Å². The van der Waals surface area contributed by atoms with Crippen LogP contribution < -0.4 is 0 Å². The smallest absolute Gasteiger partial charge is 0.240 e. The lowest BCUT2D eigenvalue weighted by atomic mass is 9.98. The summed E-state index contributed by atoms with van der Waals surface area (Å²) in [5, 5.41) is 6.70. The number of hydrogen-bond donors (Lipinski definition) is 0. The monoisotopic (exact) mass is 298 g/mol. The van der Waals surface area contributed by atoms with Gasteiger partial charge in [0.2, 0.25) is 5.91 Å². The molecule has 0 unspecified atom stereocenters. The van der Waals surface area contributed by atoms with Crippen molar-refractivity contribution in [2.45, 2.75) is 19.4 Å². The summed E-state index contributed by atoms with van der Waals surface area (Å²) in [4.78, 5) is 11.9. The summed E-state index contributed by atoms with van der Waals surface area (Å²) in [6.45, 7) is 1.54. The molecule has 0 radical (unpaired) electrons. The Hall–Kier alpha value is -2.13. The van der Waals surface area contributed by atoms with Crippen LogP contribution in [0.3, 0.4) is 0 Å². The van der Waals surface area contributed by atoms with Crippen LogP contribution in [0.1, 0.15) is 30.5 Å². The van der Waals surface area contributed by atoms with E-state index in [-0.39, 0.29) is 11.9 Å². The number of hydrazone groups is 1. The van der Waals surface area contributed by atoms with E-state index in [9.17, 15) is 4.79 Å². The fourth-order valence-electron chi connectivity index (χ4n) is 2.59. The lowest BCUT2D eigenvalue weighted by Gasteiger charge is -2.20. The Labute approximate surface area is 128 Å². The molecule has 0 aromatic heterocycles. The van der Waals surface area contributed by atoms with E-state index in [0.29, 0.717) is 11.4 Å². The summed E-state index contributed by atoms with van der Waals surface area (Å²) in [6.07, 6.45) is 0.674. The van der Waals surface area contributed by atoms with E-state index in [1.165, 1.54) is 6.92 Å². The fourth-order valence-corrected chi connectivity index (χ4v) is 2.84. The third-order valence-electron chi connectivity index (χ3n) is 3.60. The molecule has 1 aliphatic rings. The van der Waals surface area contributed by atoms with Crippen LogP contribution in [0.5, 0.6) is 0 Å². The van der Waals surface area contributed by atoms with E-state index >= 15 is 0 Å². The van der Waals surface area contributed by atoms with Gasteiger partial charge in [0.25, 0.3) is 0 Å². The second kappa shape index (κ2) is 5.70. The van der Waals surface area contributed by atoms with E-state index in [4.69, 9.17) is 11.6 Å². The zero-order valence-electron chi connectivity index (χ0n) is 11.7. The van der Waals surface area contributed by atoms with Crippen LogP contribution in [-0.2, 0) is 4.79 Å². The minimum absolute atomic E-state index is 0.0602. The molecule has 0 spiro atoms. The van der Waals surface area contributed by atoms with Gasteiger partial charge in [0.1, 0.15) is 0 Å². The lowest BCUT2D eigenvalue weighted by Crippen LogP contribution is -2.24. The van der Waals surface area contributed by atoms with Crippen LogP contribution in [0.2, 0.25) is 5.02 Å². The maximum atomic E-state index is 11.9. The summed E-state index contributed by atoms with van der Waals surface area (Å²) in [5.41, 5.74) is 2.83. The Balaban J connectivity index is 1.98. The minimum atomic E-state index is -0.0640. The van der Waals surface area contributed by atoms with Gasteiger partial charge in [-0.3, -0.25) is 4.79 Å². The number of nitrogens with zero attached hydrogens (tertiary/aromatic N) is 2. The number of benzene rings is 2. The van der Waals surface area contributed by atoms with Gasteiger partial charge >= 0.3 is 0 Å². The number of carbonyl (C=O) groups is 1. The average molecular weight is 299 g/mol. The van der Waals surface area contributed by atoms with Crippen molar-refractivity contribution in [3.8, 4) is 0 Å². The zero-order chi connectivity index (χ0) is 14.8. The molecule has 0 bridgehead atoms. The summed E-state index contributed by atoms with van der Waals surface area (Å²) in [5.74, 6) is -0.0640. The van der Waals surface area contributed by atoms with Crippen molar-refractivity contribution < 1.29 is 4.79 Å². The molecule has 21 heavy (non-hydrogen) atoms. The molecule has 0 N–H and O–H groups in total. The highest BCUT2D eigenvalue weighted by molar-refractivity contribution is 6.34. The first-order chi connectivity index (χ1) is 10.2. The van der Waals surface area contributed by atoms with Crippen molar-refractivity contribution in [2.75, 3.05) is 0 Å². The molecule has 1 atom stereocenters. The van der Waals surface area contributed by atoms with E-state index in [1.807, 2.05) is 54.6 Å². The molecule has 0 aliphatic carbocycles. The van der Waals surface area contributed by atoms with Gasteiger partial charge in [0.15, 0.2) is 0 Å². The van der Waals surface area contributed by atoms with Gasteiger partial charge in [0, 0.05) is 23.9 Å². The second-order valence-electron chi connectivity index (χ2n) is 5.02. The van der Waals surface area contributed by atoms with Crippen molar-refractivity contribution in [2.24, 2.45) is 5.10 Å². The molecule has 3 rings (SSSR count). The average Bonchev–Trinajstić information content (AvgIpc) is 2.94. The lowest BCUT2D eigenvalue weighted by molar-refractivity contribution is -0.130. The maximum Gasteiger partial charge on any atom is 0.240 e. The van der Waals surface area contributed by atoms with Crippen molar-refractivity contribution in [1.82, 2.24) is 5.01 Å². The molecule has 1 amide bonds. The Morgan fingerprint density at radius 3 is 2.48 bits per heavy atom. The predicted molar refractivity (Wildman–Crippen MR) is 84.3 cm³/mol. The molecule has 0 fully saturated rings. The van der Waals surface area contributed by atoms with Crippen LogP contribution >= 0.6 is 11.6 Å². The number of carbonyl (C=O) groups excluding carboxylic acids is 1. The van der Waals surface area contributed by atoms with Gasteiger partial charge in [-0.15, -0.1) is 0 Å². The molecular weight excluding hydrogens is 284 g/mol. The largest absolute Gasteiger partial charge is 0.273 e. The van der Waals surface area contributed by atoms with Gasteiger partial charge in [0.05, 0.1) is 11.8 Å². The van der Waals surface area contributed by atoms with Crippen LogP contribution in [0.15, 0.2) is 59.7 Å². The molecule has 1 aliphatic heterocycles. The number of hydrogen-bond acceptors (Lipinski definition) is 2. The molecular formula is C17H15ClN2O. The van der Waals surface area contributed by atoms with Gasteiger partial charge in [-0.1, -0.05) is 60.1 Å². The molecule has 1 heterocycles. The zero-order valence-corrected chi connectivity index (χ0v) is 12.4. The van der Waals surface area contributed by atoms with Crippen molar-refractivity contribution in [3.63, 3.8) is 0 Å². The number of halogens is 1. The quantitative estimate of drug-likeness (QED) is 0.823. The van der Waals surface area contributed by atoms with Crippen molar-refractivity contribution in [1.29, 1.82) is 0 Å². The molecule has 2 aromatic rings. The first kappa shape index (κ1) is 13.8. The Kier molecular flexibility index (Phi) is 3.76. The highest BCUT2D eigenvalue weighted by atomic mass is 35.5. The molecule has 0 saturated carbocycles. The Bertz CT molecular complexity index is 697. The highest BCUT2D eigenvalue weighted by Crippen LogP contribution is 2.34. The maximum absolute atomic E-state index is 11.9. The molecule has 2 aromatic carbocycles. The first-order valence-electron chi connectivity index (χ1n) is 6.84. The summed E-state index contributed by atoms with van der Waals surface area (Å²) in [7, 11) is 0. The Morgan fingerprint density at radius 1 is 1.14 bits per heavy atom. The predicted octanol–water partition coefficient (Wildman–Crippen LogP) is 4.04. The second-order valence-corrected chi connectivity index (χ2v) is 5.43. The highest BCUT2D eigenvalue weighted by Gasteiger charge is 2.31. The number of rotatable bonds is 2. The van der Waals surface area contributed by atoms with Crippen LogP contribution in [-0.4, -0.2) is 16.6 Å². The Morgan fingerprint density at radius 2 is 1.81 bits per heavy atom.